The van der Waals surface area contributed by atoms with Crippen LogP contribution in [0.4, 0.5) is 5.69 Å². The minimum absolute atomic E-state index is 0.183. The van der Waals surface area contributed by atoms with Gasteiger partial charge >= 0.3 is 0 Å². The number of hydrogen-bond acceptors (Lipinski definition) is 3. The molecule has 0 atom stereocenters. The number of carbonyl (C=O) groups is 1. The van der Waals surface area contributed by atoms with Gasteiger partial charge in [-0.25, -0.2) is 0 Å². The highest BCUT2D eigenvalue weighted by atomic mass is 32.2. The van der Waals surface area contributed by atoms with Gasteiger partial charge in [0.15, 0.2) is 5.69 Å². The van der Waals surface area contributed by atoms with Crippen molar-refractivity contribution in [1.82, 2.24) is 10.2 Å². The minimum Gasteiger partial charge on any atom is -0.320 e. The molecule has 0 radical (unpaired) electrons. The summed E-state index contributed by atoms with van der Waals surface area (Å²) in [5.74, 6) is 0.348. The molecule has 0 saturated heterocycles. The number of aromatic amines is 1. The molecule has 2 aromatic rings. The lowest BCUT2D eigenvalue weighted by Gasteiger charge is -2.07. The number of para-hydroxylation sites is 1. The molecule has 0 spiro atoms. The van der Waals surface area contributed by atoms with Crippen LogP contribution in [0.2, 0.25) is 0 Å². The molecule has 2 rings (SSSR count). The molecule has 0 fully saturated rings. The van der Waals surface area contributed by atoms with Crippen molar-refractivity contribution in [1.29, 1.82) is 0 Å². The van der Waals surface area contributed by atoms with Crippen molar-refractivity contribution in [3.05, 3.63) is 41.7 Å². The average Bonchev–Trinajstić information content (AvgIpc) is 2.87. The molecule has 1 aromatic carbocycles. The van der Waals surface area contributed by atoms with Crippen LogP contribution < -0.4 is 5.32 Å². The van der Waals surface area contributed by atoms with Crippen molar-refractivity contribution >= 4 is 23.4 Å². The van der Waals surface area contributed by atoms with Crippen LogP contribution in [-0.2, 0) is 6.42 Å². The number of hydrogen-bond donors (Lipinski definition) is 2. The van der Waals surface area contributed by atoms with Crippen molar-refractivity contribution in [2.24, 2.45) is 5.92 Å². The monoisotopic (exact) mass is 289 g/mol. The Morgan fingerprint density at radius 2 is 2.15 bits per heavy atom. The minimum atomic E-state index is -0.183. The van der Waals surface area contributed by atoms with Gasteiger partial charge in [0, 0.05) is 10.6 Å². The number of carbonyl (C=O) groups excluding carboxylic acids is 1. The summed E-state index contributed by atoms with van der Waals surface area (Å²) in [5.41, 5.74) is 2.23. The van der Waals surface area contributed by atoms with Crippen LogP contribution in [0, 0.1) is 5.92 Å². The standard InChI is InChI=1S/C15H19N3OS/c1-10(2)8-11-9-13(18-17-11)15(19)16-12-6-4-5-7-14(12)20-3/h4-7,9-10H,8H2,1-3H3,(H,16,19)(H,17,18). The largest absolute Gasteiger partial charge is 0.320 e. The van der Waals surface area contributed by atoms with Crippen LogP contribution >= 0.6 is 11.8 Å². The van der Waals surface area contributed by atoms with E-state index in [1.54, 1.807) is 11.8 Å². The van der Waals surface area contributed by atoms with E-state index in [9.17, 15) is 4.79 Å². The Bertz CT molecular complexity index is 592. The second kappa shape index (κ2) is 6.61. The number of anilines is 1. The molecule has 20 heavy (non-hydrogen) atoms. The van der Waals surface area contributed by atoms with Crippen LogP contribution in [0.25, 0.3) is 0 Å². The molecule has 0 aliphatic carbocycles. The lowest BCUT2D eigenvalue weighted by Crippen LogP contribution is -2.12. The van der Waals surface area contributed by atoms with Gasteiger partial charge in [-0.3, -0.25) is 9.89 Å². The first-order valence-corrected chi connectivity index (χ1v) is 7.81. The second-order valence-electron chi connectivity index (χ2n) is 5.03. The fraction of sp³-hybridized carbons (Fsp3) is 0.333. The number of benzene rings is 1. The molecular weight excluding hydrogens is 270 g/mol. The third kappa shape index (κ3) is 3.63. The lowest BCUT2D eigenvalue weighted by atomic mass is 10.1. The Kier molecular flexibility index (Phi) is 4.84. The van der Waals surface area contributed by atoms with Gasteiger partial charge in [-0.1, -0.05) is 26.0 Å². The van der Waals surface area contributed by atoms with E-state index in [0.717, 1.165) is 22.7 Å². The van der Waals surface area contributed by atoms with Gasteiger partial charge in [0.2, 0.25) is 0 Å². The second-order valence-corrected chi connectivity index (χ2v) is 5.88. The summed E-state index contributed by atoms with van der Waals surface area (Å²) in [5, 5.41) is 9.90. The van der Waals surface area contributed by atoms with Crippen molar-refractivity contribution in [2.45, 2.75) is 25.2 Å². The van der Waals surface area contributed by atoms with E-state index in [0.29, 0.717) is 11.6 Å². The van der Waals surface area contributed by atoms with Crippen molar-refractivity contribution < 1.29 is 4.79 Å². The Morgan fingerprint density at radius 3 is 2.85 bits per heavy atom. The van der Waals surface area contributed by atoms with Crippen LogP contribution in [0.3, 0.4) is 0 Å². The molecule has 0 aliphatic rings. The highest BCUT2D eigenvalue weighted by Gasteiger charge is 2.12. The third-order valence-electron chi connectivity index (χ3n) is 2.85. The van der Waals surface area contributed by atoms with Gasteiger partial charge < -0.3 is 5.32 Å². The zero-order chi connectivity index (χ0) is 14.5. The zero-order valence-electron chi connectivity index (χ0n) is 11.9. The number of thioether (sulfide) groups is 1. The Balaban J connectivity index is 2.10. The molecule has 1 heterocycles. The summed E-state index contributed by atoms with van der Waals surface area (Å²) >= 11 is 1.60. The number of nitrogens with zero attached hydrogens (tertiary/aromatic N) is 1. The molecule has 1 amide bonds. The molecule has 1 aromatic heterocycles. The molecule has 0 bridgehead atoms. The zero-order valence-corrected chi connectivity index (χ0v) is 12.8. The van der Waals surface area contributed by atoms with Crippen LogP contribution in [0.15, 0.2) is 35.2 Å². The molecule has 0 saturated carbocycles. The summed E-state index contributed by atoms with van der Waals surface area (Å²) < 4.78 is 0. The van der Waals surface area contributed by atoms with E-state index in [-0.39, 0.29) is 5.91 Å². The van der Waals surface area contributed by atoms with Gasteiger partial charge in [-0.05, 0) is 36.8 Å². The third-order valence-corrected chi connectivity index (χ3v) is 3.64. The van der Waals surface area contributed by atoms with E-state index in [2.05, 4.69) is 29.4 Å². The van der Waals surface area contributed by atoms with Crippen LogP contribution in [0.5, 0.6) is 0 Å². The first-order valence-electron chi connectivity index (χ1n) is 6.58. The Morgan fingerprint density at radius 1 is 1.40 bits per heavy atom. The van der Waals surface area contributed by atoms with Crippen molar-refractivity contribution in [2.75, 3.05) is 11.6 Å². The number of aromatic nitrogens is 2. The fourth-order valence-electron chi connectivity index (χ4n) is 1.96. The summed E-state index contributed by atoms with van der Waals surface area (Å²) in [7, 11) is 0. The number of H-pyrrole nitrogens is 1. The molecule has 2 N–H and O–H groups in total. The molecule has 0 aliphatic heterocycles. The maximum absolute atomic E-state index is 12.2. The van der Waals surface area contributed by atoms with Crippen LogP contribution in [0.1, 0.15) is 30.0 Å². The number of rotatable bonds is 5. The Hall–Kier alpha value is -1.75. The quantitative estimate of drug-likeness (QED) is 0.827. The van der Waals surface area contributed by atoms with Crippen molar-refractivity contribution in [3.63, 3.8) is 0 Å². The molecule has 106 valence electrons. The van der Waals surface area contributed by atoms with E-state index in [1.165, 1.54) is 0 Å². The molecule has 0 unspecified atom stereocenters. The molecular formula is C15H19N3OS. The highest BCUT2D eigenvalue weighted by molar-refractivity contribution is 7.98. The predicted molar refractivity (Wildman–Crippen MR) is 83.3 cm³/mol. The summed E-state index contributed by atoms with van der Waals surface area (Å²) in [6, 6.07) is 9.55. The smallest absolute Gasteiger partial charge is 0.276 e. The van der Waals surface area contributed by atoms with E-state index < -0.39 is 0 Å². The first-order chi connectivity index (χ1) is 9.60. The first kappa shape index (κ1) is 14.7. The summed E-state index contributed by atoms with van der Waals surface area (Å²) in [6.07, 6.45) is 2.88. The number of amides is 1. The van der Waals surface area contributed by atoms with E-state index >= 15 is 0 Å². The fourth-order valence-corrected chi connectivity index (χ4v) is 2.51. The van der Waals surface area contributed by atoms with Gasteiger partial charge in [0.1, 0.15) is 0 Å². The summed E-state index contributed by atoms with van der Waals surface area (Å²) in [6.45, 7) is 4.27. The Labute approximate surface area is 123 Å². The van der Waals surface area contributed by atoms with E-state index in [4.69, 9.17) is 0 Å². The lowest BCUT2D eigenvalue weighted by molar-refractivity contribution is 0.102. The normalized spacial score (nSPS) is 10.8. The maximum atomic E-state index is 12.2. The molecule has 5 heteroatoms. The van der Waals surface area contributed by atoms with E-state index in [1.807, 2.05) is 36.6 Å². The van der Waals surface area contributed by atoms with Gasteiger partial charge in [0.05, 0.1) is 5.69 Å². The van der Waals surface area contributed by atoms with Gasteiger partial charge in [-0.2, -0.15) is 5.10 Å². The molecule has 4 nitrogen and oxygen atoms in total. The summed E-state index contributed by atoms with van der Waals surface area (Å²) in [4.78, 5) is 13.2. The van der Waals surface area contributed by atoms with Crippen molar-refractivity contribution in [3.8, 4) is 0 Å². The SMILES string of the molecule is CSc1ccccc1NC(=O)c1cc(CC(C)C)[nH]n1. The number of nitrogens with one attached hydrogen (secondary N) is 2. The average molecular weight is 289 g/mol. The predicted octanol–water partition coefficient (Wildman–Crippen LogP) is 3.58. The van der Waals surface area contributed by atoms with Crippen LogP contribution in [-0.4, -0.2) is 22.4 Å². The topological polar surface area (TPSA) is 57.8 Å². The van der Waals surface area contributed by atoms with Gasteiger partial charge in [0.25, 0.3) is 5.91 Å². The maximum Gasteiger partial charge on any atom is 0.276 e. The highest BCUT2D eigenvalue weighted by Crippen LogP contribution is 2.24. The van der Waals surface area contributed by atoms with Gasteiger partial charge in [-0.15, -0.1) is 11.8 Å².